The van der Waals surface area contributed by atoms with Gasteiger partial charge in [0.25, 0.3) is 0 Å². The Morgan fingerprint density at radius 3 is 2.47 bits per heavy atom. The lowest BCUT2D eigenvalue weighted by Crippen LogP contribution is -2.40. The minimum atomic E-state index is -0.625. The topological polar surface area (TPSA) is 105 Å². The molecule has 0 aliphatic rings. The summed E-state index contributed by atoms with van der Waals surface area (Å²) >= 11 is 0. The standard InChI is InChI=1S/C25H36N2O5/c1-4-6-7-11-15-24(30)32-22(20-13-9-8-10-14-20)17-26-25(31)21(12-5-2)16-23(29)27-19(3)18-28/h4-5,8-10,13-14,19,21-22,28H,1-2,6-7,11-12,15-18H2,3H3,(H,26,31)(H,27,29)/t19-,21-,22-/m1/s1. The lowest BCUT2D eigenvalue weighted by Gasteiger charge is -2.21. The molecule has 0 aliphatic heterocycles. The van der Waals surface area contributed by atoms with Crippen molar-refractivity contribution < 1.29 is 24.2 Å². The smallest absolute Gasteiger partial charge is 0.306 e. The molecule has 0 saturated heterocycles. The highest BCUT2D eigenvalue weighted by Gasteiger charge is 2.24. The van der Waals surface area contributed by atoms with Gasteiger partial charge in [-0.15, -0.1) is 13.2 Å². The first kappa shape index (κ1) is 27.1. The van der Waals surface area contributed by atoms with Crippen molar-refractivity contribution in [3.05, 3.63) is 61.2 Å². The van der Waals surface area contributed by atoms with Crippen molar-refractivity contribution in [1.82, 2.24) is 10.6 Å². The van der Waals surface area contributed by atoms with E-state index in [1.807, 2.05) is 36.4 Å². The normalized spacial score (nSPS) is 13.3. The Bertz CT molecular complexity index is 735. The van der Waals surface area contributed by atoms with Crippen LogP contribution in [0.4, 0.5) is 0 Å². The predicted molar refractivity (Wildman–Crippen MR) is 125 cm³/mol. The summed E-state index contributed by atoms with van der Waals surface area (Å²) < 4.78 is 5.65. The highest BCUT2D eigenvalue weighted by atomic mass is 16.5. The highest BCUT2D eigenvalue weighted by Crippen LogP contribution is 2.19. The number of esters is 1. The zero-order chi connectivity index (χ0) is 23.8. The van der Waals surface area contributed by atoms with Gasteiger partial charge in [-0.3, -0.25) is 14.4 Å². The van der Waals surface area contributed by atoms with Crippen molar-refractivity contribution in [2.75, 3.05) is 13.2 Å². The Morgan fingerprint density at radius 2 is 1.84 bits per heavy atom. The van der Waals surface area contributed by atoms with Crippen molar-refractivity contribution in [1.29, 1.82) is 0 Å². The molecular formula is C25H36N2O5. The van der Waals surface area contributed by atoms with Crippen LogP contribution in [0.2, 0.25) is 0 Å². The number of hydrogen-bond donors (Lipinski definition) is 3. The number of hydrogen-bond acceptors (Lipinski definition) is 5. The van der Waals surface area contributed by atoms with E-state index in [0.717, 1.165) is 18.4 Å². The molecule has 2 amide bonds. The molecule has 3 atom stereocenters. The van der Waals surface area contributed by atoms with Gasteiger partial charge in [-0.2, -0.15) is 0 Å². The van der Waals surface area contributed by atoms with Gasteiger partial charge in [0.05, 0.1) is 19.1 Å². The van der Waals surface area contributed by atoms with Crippen LogP contribution in [0.25, 0.3) is 0 Å². The third-order valence-corrected chi connectivity index (χ3v) is 4.88. The zero-order valence-corrected chi connectivity index (χ0v) is 18.9. The molecule has 1 rings (SSSR count). The fourth-order valence-electron chi connectivity index (χ4n) is 3.10. The van der Waals surface area contributed by atoms with Gasteiger partial charge in [-0.05, 0) is 38.2 Å². The summed E-state index contributed by atoms with van der Waals surface area (Å²) in [7, 11) is 0. The lowest BCUT2D eigenvalue weighted by molar-refractivity contribution is -0.150. The number of ether oxygens (including phenoxy) is 1. The first-order valence-corrected chi connectivity index (χ1v) is 11.0. The van der Waals surface area contributed by atoms with Crippen LogP contribution in [0.1, 0.15) is 57.1 Å². The lowest BCUT2D eigenvalue weighted by atomic mass is 9.99. The van der Waals surface area contributed by atoms with Gasteiger partial charge in [0.1, 0.15) is 6.10 Å². The van der Waals surface area contributed by atoms with E-state index in [1.165, 1.54) is 0 Å². The zero-order valence-electron chi connectivity index (χ0n) is 18.9. The van der Waals surface area contributed by atoms with Gasteiger partial charge in [0, 0.05) is 18.9 Å². The van der Waals surface area contributed by atoms with E-state index in [0.29, 0.717) is 19.3 Å². The molecule has 0 spiro atoms. The summed E-state index contributed by atoms with van der Waals surface area (Å²) in [5.74, 6) is -1.57. The molecule has 0 unspecified atom stereocenters. The van der Waals surface area contributed by atoms with Crippen LogP contribution >= 0.6 is 0 Å². The number of carbonyl (C=O) groups is 3. The number of rotatable bonds is 16. The van der Waals surface area contributed by atoms with E-state index >= 15 is 0 Å². The monoisotopic (exact) mass is 444 g/mol. The van der Waals surface area contributed by atoms with Crippen LogP contribution in [0.3, 0.4) is 0 Å². The van der Waals surface area contributed by atoms with Crippen LogP contribution in [0.5, 0.6) is 0 Å². The maximum atomic E-state index is 12.8. The Morgan fingerprint density at radius 1 is 1.12 bits per heavy atom. The second-order valence-corrected chi connectivity index (χ2v) is 7.75. The van der Waals surface area contributed by atoms with Gasteiger partial charge >= 0.3 is 5.97 Å². The minimum absolute atomic E-state index is 0.0265. The molecule has 0 aromatic heterocycles. The Labute approximate surface area is 190 Å². The van der Waals surface area contributed by atoms with Gasteiger partial charge < -0.3 is 20.5 Å². The second kappa shape index (κ2) is 15.8. The molecule has 0 bridgehead atoms. The summed E-state index contributed by atoms with van der Waals surface area (Å²) in [6.07, 6.45) is 5.80. The number of allylic oxidation sites excluding steroid dienone is 2. The van der Waals surface area contributed by atoms with Crippen molar-refractivity contribution in [3.63, 3.8) is 0 Å². The molecule has 0 saturated carbocycles. The van der Waals surface area contributed by atoms with Gasteiger partial charge in [0.2, 0.25) is 11.8 Å². The number of aliphatic hydroxyl groups excluding tert-OH is 1. The first-order valence-electron chi connectivity index (χ1n) is 11.0. The first-order chi connectivity index (χ1) is 15.4. The molecule has 176 valence electrons. The molecule has 7 nitrogen and oxygen atoms in total. The minimum Gasteiger partial charge on any atom is -0.456 e. The molecule has 1 aromatic rings. The number of nitrogens with one attached hydrogen (secondary N) is 2. The largest absolute Gasteiger partial charge is 0.456 e. The Balaban J connectivity index is 2.73. The average Bonchev–Trinajstić information content (AvgIpc) is 2.79. The fourth-order valence-corrected chi connectivity index (χ4v) is 3.10. The van der Waals surface area contributed by atoms with Crippen LogP contribution < -0.4 is 10.6 Å². The van der Waals surface area contributed by atoms with E-state index in [1.54, 1.807) is 13.0 Å². The number of unbranched alkanes of at least 4 members (excludes halogenated alkanes) is 2. The van der Waals surface area contributed by atoms with E-state index in [2.05, 4.69) is 23.8 Å². The van der Waals surface area contributed by atoms with Crippen molar-refractivity contribution in [2.45, 2.75) is 57.6 Å². The number of carbonyl (C=O) groups excluding carboxylic acids is 3. The van der Waals surface area contributed by atoms with Gasteiger partial charge in [0.15, 0.2) is 0 Å². The quantitative estimate of drug-likeness (QED) is 0.206. The molecular weight excluding hydrogens is 408 g/mol. The van der Waals surface area contributed by atoms with Crippen LogP contribution in [-0.2, 0) is 19.1 Å². The third-order valence-electron chi connectivity index (χ3n) is 4.88. The molecule has 0 fully saturated rings. The SMILES string of the molecule is C=CCCCCC(=O)O[C@H](CNC(=O)[C@H](CC=C)CC(=O)N[C@H](C)CO)c1ccccc1. The molecule has 7 heteroatoms. The Kier molecular flexibility index (Phi) is 13.4. The molecule has 0 heterocycles. The Hall–Kier alpha value is -2.93. The molecule has 3 N–H and O–H groups in total. The second-order valence-electron chi connectivity index (χ2n) is 7.75. The third kappa shape index (κ3) is 10.9. The van der Waals surface area contributed by atoms with Crippen molar-refractivity contribution in [2.24, 2.45) is 5.92 Å². The average molecular weight is 445 g/mol. The van der Waals surface area contributed by atoms with Gasteiger partial charge in [-0.25, -0.2) is 0 Å². The molecule has 0 aliphatic carbocycles. The van der Waals surface area contributed by atoms with E-state index in [9.17, 15) is 14.4 Å². The van der Waals surface area contributed by atoms with Gasteiger partial charge in [-0.1, -0.05) is 42.5 Å². The summed E-state index contributed by atoms with van der Waals surface area (Å²) in [6.45, 7) is 8.93. The molecule has 32 heavy (non-hydrogen) atoms. The summed E-state index contributed by atoms with van der Waals surface area (Å²) in [6, 6.07) is 8.84. The summed E-state index contributed by atoms with van der Waals surface area (Å²) in [5, 5.41) is 14.5. The summed E-state index contributed by atoms with van der Waals surface area (Å²) in [4.78, 5) is 37.2. The maximum Gasteiger partial charge on any atom is 0.306 e. The number of amides is 2. The maximum absolute atomic E-state index is 12.8. The molecule has 1 aromatic carbocycles. The van der Waals surface area contributed by atoms with E-state index in [4.69, 9.17) is 9.84 Å². The number of benzene rings is 1. The fraction of sp³-hybridized carbons (Fsp3) is 0.480. The summed E-state index contributed by atoms with van der Waals surface area (Å²) in [5.41, 5.74) is 0.780. The van der Waals surface area contributed by atoms with Crippen LogP contribution in [0.15, 0.2) is 55.6 Å². The van der Waals surface area contributed by atoms with Crippen molar-refractivity contribution >= 4 is 17.8 Å². The predicted octanol–water partition coefficient (Wildman–Crippen LogP) is 3.21. The highest BCUT2D eigenvalue weighted by molar-refractivity contribution is 5.86. The van der Waals surface area contributed by atoms with E-state index < -0.39 is 12.0 Å². The van der Waals surface area contributed by atoms with Crippen LogP contribution in [-0.4, -0.2) is 42.1 Å². The number of aliphatic hydroxyl groups is 1. The van der Waals surface area contributed by atoms with Crippen LogP contribution in [0, 0.1) is 5.92 Å². The van der Waals surface area contributed by atoms with E-state index in [-0.39, 0.29) is 43.4 Å². The van der Waals surface area contributed by atoms with Crippen molar-refractivity contribution in [3.8, 4) is 0 Å². The molecule has 0 radical (unpaired) electrons.